The lowest BCUT2D eigenvalue weighted by Gasteiger charge is -2.36. The van der Waals surface area contributed by atoms with Crippen LogP contribution in [0.25, 0.3) is 0 Å². The van der Waals surface area contributed by atoms with E-state index in [-0.39, 0.29) is 19.1 Å². The fourth-order valence-corrected chi connectivity index (χ4v) is 3.63. The van der Waals surface area contributed by atoms with Gasteiger partial charge in [-0.05, 0) is 43.3 Å². The summed E-state index contributed by atoms with van der Waals surface area (Å²) in [6.45, 7) is 2.39. The fourth-order valence-electron chi connectivity index (χ4n) is 3.07. The summed E-state index contributed by atoms with van der Waals surface area (Å²) in [7, 11) is 1.63. The van der Waals surface area contributed by atoms with Crippen molar-refractivity contribution in [3.05, 3.63) is 54.1 Å². The number of carbonyl (C=O) groups is 1. The van der Waals surface area contributed by atoms with Gasteiger partial charge in [0.15, 0.2) is 6.29 Å². The molecule has 0 unspecified atom stereocenters. The minimum absolute atomic E-state index is 0.130. The van der Waals surface area contributed by atoms with Crippen molar-refractivity contribution in [3.63, 3.8) is 0 Å². The highest BCUT2D eigenvalue weighted by molar-refractivity contribution is 8.00. The van der Waals surface area contributed by atoms with Gasteiger partial charge in [-0.15, -0.1) is 0 Å². The fraction of sp³-hybridized carbons (Fsp3) is 0.409. The molecule has 0 aliphatic carbocycles. The van der Waals surface area contributed by atoms with Crippen molar-refractivity contribution < 1.29 is 23.7 Å². The van der Waals surface area contributed by atoms with Gasteiger partial charge < -0.3 is 24.3 Å². The maximum absolute atomic E-state index is 12.8. The molecule has 0 radical (unpaired) electrons. The molecule has 0 atom stereocenters. The van der Waals surface area contributed by atoms with E-state index >= 15 is 0 Å². The van der Waals surface area contributed by atoms with Crippen molar-refractivity contribution in [1.82, 2.24) is 0 Å². The largest absolute Gasteiger partial charge is 0.497 e. The van der Waals surface area contributed by atoms with Crippen LogP contribution < -0.4 is 14.8 Å². The van der Waals surface area contributed by atoms with E-state index < -0.39 is 11.7 Å². The Labute approximate surface area is 174 Å². The highest BCUT2D eigenvalue weighted by atomic mass is 32.2. The Balaban J connectivity index is 1.31. The summed E-state index contributed by atoms with van der Waals surface area (Å²) in [5.41, 5.74) is 0.860. The Morgan fingerprint density at radius 3 is 2.21 bits per heavy atom. The lowest BCUT2D eigenvalue weighted by molar-refractivity contribution is -0.226. The predicted octanol–water partition coefficient (Wildman–Crippen LogP) is 3.88. The Kier molecular flexibility index (Phi) is 5.99. The van der Waals surface area contributed by atoms with Crippen molar-refractivity contribution in [2.45, 2.75) is 19.3 Å². The molecule has 2 aromatic carbocycles. The lowest BCUT2D eigenvalue weighted by atomic mass is 9.90. The zero-order chi connectivity index (χ0) is 20.3. The van der Waals surface area contributed by atoms with E-state index in [9.17, 15) is 4.79 Å². The summed E-state index contributed by atoms with van der Waals surface area (Å²) in [6.07, 6.45) is -0.183. The van der Waals surface area contributed by atoms with E-state index in [1.165, 1.54) is 0 Å². The predicted molar refractivity (Wildman–Crippen MR) is 113 cm³/mol. The maximum Gasteiger partial charge on any atom is 0.234 e. The van der Waals surface area contributed by atoms with Crippen molar-refractivity contribution in [2.24, 2.45) is 5.41 Å². The smallest absolute Gasteiger partial charge is 0.234 e. The third-order valence-electron chi connectivity index (χ3n) is 5.07. The molecule has 1 N–H and O–H groups in total. The number of ether oxygens (including phenoxy) is 4. The summed E-state index contributed by atoms with van der Waals surface area (Å²) >= 11 is 1.88. The van der Waals surface area contributed by atoms with Gasteiger partial charge in [0.05, 0.1) is 25.7 Å². The van der Waals surface area contributed by atoms with Crippen LogP contribution in [0.3, 0.4) is 0 Å². The monoisotopic (exact) mass is 415 g/mol. The first-order valence-electron chi connectivity index (χ1n) is 9.59. The SMILES string of the molecule is COc1ccc(C2OCC(C)(C(=O)Nc3ccc(OC4CSC4)cc3)CO2)cc1. The molecule has 0 bridgehead atoms. The van der Waals surface area contributed by atoms with Gasteiger partial charge >= 0.3 is 0 Å². The van der Waals surface area contributed by atoms with Gasteiger partial charge in [0.2, 0.25) is 5.91 Å². The highest BCUT2D eigenvalue weighted by Gasteiger charge is 2.40. The first-order chi connectivity index (χ1) is 14.1. The molecule has 0 saturated carbocycles. The van der Waals surface area contributed by atoms with Crippen molar-refractivity contribution in [3.8, 4) is 11.5 Å². The number of carbonyl (C=O) groups excluding carboxylic acids is 1. The Morgan fingerprint density at radius 1 is 1.03 bits per heavy atom. The molecule has 2 heterocycles. The van der Waals surface area contributed by atoms with Gasteiger partial charge in [0, 0.05) is 22.8 Å². The van der Waals surface area contributed by atoms with Gasteiger partial charge in [0.1, 0.15) is 17.6 Å². The van der Waals surface area contributed by atoms with Crippen LogP contribution in [0.15, 0.2) is 48.5 Å². The Hall–Kier alpha value is -2.22. The van der Waals surface area contributed by atoms with Crippen LogP contribution in [0.1, 0.15) is 18.8 Å². The molecule has 29 heavy (non-hydrogen) atoms. The summed E-state index contributed by atoms with van der Waals surface area (Å²) in [4.78, 5) is 12.8. The molecule has 2 saturated heterocycles. The van der Waals surface area contributed by atoms with Crippen molar-refractivity contribution in [2.75, 3.05) is 37.1 Å². The second kappa shape index (κ2) is 8.65. The third kappa shape index (κ3) is 4.69. The second-order valence-corrected chi connectivity index (χ2v) is 8.62. The molecule has 154 valence electrons. The molecule has 1 amide bonds. The molecular formula is C22H25NO5S. The number of hydrogen-bond acceptors (Lipinski definition) is 6. The van der Waals surface area contributed by atoms with Gasteiger partial charge in [-0.2, -0.15) is 11.8 Å². The number of nitrogens with one attached hydrogen (secondary N) is 1. The van der Waals surface area contributed by atoms with Crippen molar-refractivity contribution >= 4 is 23.4 Å². The zero-order valence-corrected chi connectivity index (χ0v) is 17.4. The standard InChI is InChI=1S/C22H25NO5S/c1-22(13-26-20(27-14-22)15-3-7-17(25-2)8-4-15)21(24)23-16-5-9-18(10-6-16)28-19-11-29-12-19/h3-10,19-20H,11-14H2,1-2H3,(H,23,24). The summed E-state index contributed by atoms with van der Waals surface area (Å²) in [5.74, 6) is 3.54. The number of anilines is 1. The van der Waals surface area contributed by atoms with Crippen LogP contribution in [0.4, 0.5) is 5.69 Å². The number of hydrogen-bond donors (Lipinski definition) is 1. The van der Waals surface area contributed by atoms with Crippen LogP contribution in [0, 0.1) is 5.41 Å². The number of benzene rings is 2. The third-order valence-corrected chi connectivity index (χ3v) is 6.28. The number of methoxy groups -OCH3 is 1. The van der Waals surface area contributed by atoms with Gasteiger partial charge in [-0.3, -0.25) is 4.79 Å². The molecule has 0 spiro atoms. The Morgan fingerprint density at radius 2 is 1.66 bits per heavy atom. The summed E-state index contributed by atoms with van der Waals surface area (Å²) < 4.78 is 22.7. The summed E-state index contributed by atoms with van der Waals surface area (Å²) in [6, 6.07) is 15.0. The van der Waals surface area contributed by atoms with Gasteiger partial charge in [-0.25, -0.2) is 0 Å². The van der Waals surface area contributed by atoms with Gasteiger partial charge in [-0.1, -0.05) is 12.1 Å². The van der Waals surface area contributed by atoms with E-state index in [0.29, 0.717) is 6.10 Å². The minimum Gasteiger partial charge on any atom is -0.497 e. The molecule has 7 heteroatoms. The summed E-state index contributed by atoms with van der Waals surface area (Å²) in [5, 5.41) is 2.96. The molecular weight excluding hydrogens is 390 g/mol. The van der Waals surface area contributed by atoms with E-state index in [0.717, 1.165) is 34.3 Å². The molecule has 6 nitrogen and oxygen atoms in total. The van der Waals surface area contributed by atoms with E-state index in [1.807, 2.05) is 67.2 Å². The molecule has 2 aliphatic heterocycles. The topological polar surface area (TPSA) is 66.0 Å². The molecule has 2 fully saturated rings. The molecule has 2 aliphatic rings. The number of amides is 1. The van der Waals surface area contributed by atoms with E-state index in [4.69, 9.17) is 18.9 Å². The van der Waals surface area contributed by atoms with Crippen LogP contribution >= 0.6 is 11.8 Å². The first-order valence-corrected chi connectivity index (χ1v) is 10.7. The maximum atomic E-state index is 12.8. The van der Waals surface area contributed by atoms with Crippen molar-refractivity contribution in [1.29, 1.82) is 0 Å². The minimum atomic E-state index is -0.763. The number of rotatable bonds is 6. The van der Waals surface area contributed by atoms with E-state index in [1.54, 1.807) is 7.11 Å². The van der Waals surface area contributed by atoms with Crippen LogP contribution in [-0.2, 0) is 14.3 Å². The van der Waals surface area contributed by atoms with Crippen LogP contribution in [-0.4, -0.2) is 43.8 Å². The Bertz CT molecular complexity index is 827. The highest BCUT2D eigenvalue weighted by Crippen LogP contribution is 2.33. The van der Waals surface area contributed by atoms with Crippen LogP contribution in [0.5, 0.6) is 11.5 Å². The molecule has 0 aromatic heterocycles. The normalized spacial score (nSPS) is 24.4. The number of thioether (sulfide) groups is 1. The second-order valence-electron chi connectivity index (χ2n) is 7.54. The van der Waals surface area contributed by atoms with Gasteiger partial charge in [0.25, 0.3) is 0 Å². The average molecular weight is 416 g/mol. The van der Waals surface area contributed by atoms with Crippen LogP contribution in [0.2, 0.25) is 0 Å². The van der Waals surface area contributed by atoms with E-state index in [2.05, 4.69) is 5.32 Å². The average Bonchev–Trinajstić information content (AvgIpc) is 2.72. The zero-order valence-electron chi connectivity index (χ0n) is 16.6. The first kappa shape index (κ1) is 20.1. The lowest BCUT2D eigenvalue weighted by Crippen LogP contribution is -2.45. The molecule has 2 aromatic rings. The molecule has 4 rings (SSSR count). The quantitative estimate of drug-likeness (QED) is 0.772.